The Morgan fingerprint density at radius 2 is 1.85 bits per heavy atom. The van der Waals surface area contributed by atoms with E-state index in [0.717, 1.165) is 18.6 Å². The Hall–Kier alpha value is -2.30. The highest BCUT2D eigenvalue weighted by Gasteiger charge is 2.29. The van der Waals surface area contributed by atoms with Gasteiger partial charge in [0.05, 0.1) is 23.7 Å². The lowest BCUT2D eigenvalue weighted by atomic mass is 10.3. The molecular weight excluding hydrogens is 371 g/mol. The van der Waals surface area contributed by atoms with Gasteiger partial charge in [0.25, 0.3) is 10.0 Å². The van der Waals surface area contributed by atoms with Crippen LogP contribution in [-0.4, -0.2) is 69.4 Å². The minimum atomic E-state index is -3.53. The van der Waals surface area contributed by atoms with Crippen molar-refractivity contribution >= 4 is 21.1 Å². The Balaban J connectivity index is 1.35. The molecule has 1 aliphatic heterocycles. The average Bonchev–Trinajstić information content (AvgIpc) is 3.26. The van der Waals surface area contributed by atoms with Crippen LogP contribution in [0.15, 0.2) is 42.1 Å². The fraction of sp³-hybridized carbons (Fsp3) is 0.412. The lowest BCUT2D eigenvalue weighted by molar-refractivity contribution is 0.183. The van der Waals surface area contributed by atoms with Gasteiger partial charge in [-0.3, -0.25) is 4.90 Å². The normalized spacial score (nSPS) is 17.0. The van der Waals surface area contributed by atoms with Gasteiger partial charge < -0.3 is 9.13 Å². The molecule has 3 heterocycles. The molecule has 0 radical (unpaired) electrons. The standard InChI is InChI=1S/C17H21FN6O2S/c1-21-11-17(20-12-21)27(25,26)24-8-5-22(6-9-24)4-7-23-13-19-15-10-14(18)2-3-16(15)23/h2-3,10-13H,4-9H2,1H3. The van der Waals surface area contributed by atoms with Gasteiger partial charge in [-0.25, -0.2) is 22.8 Å². The first-order valence-electron chi connectivity index (χ1n) is 8.74. The van der Waals surface area contributed by atoms with Gasteiger partial charge in [0.1, 0.15) is 5.82 Å². The van der Waals surface area contributed by atoms with Crippen molar-refractivity contribution in [2.75, 3.05) is 32.7 Å². The minimum Gasteiger partial charge on any atom is -0.339 e. The highest BCUT2D eigenvalue weighted by Crippen LogP contribution is 2.17. The summed E-state index contributed by atoms with van der Waals surface area (Å²) in [7, 11) is -1.78. The zero-order valence-electron chi connectivity index (χ0n) is 15.0. The summed E-state index contributed by atoms with van der Waals surface area (Å²) in [5.41, 5.74) is 1.54. The van der Waals surface area contributed by atoms with E-state index in [1.165, 1.54) is 29.0 Å². The average molecular weight is 392 g/mol. The fourth-order valence-electron chi connectivity index (χ4n) is 3.31. The monoisotopic (exact) mass is 392 g/mol. The Kier molecular flexibility index (Phi) is 4.70. The number of benzene rings is 1. The third-order valence-corrected chi connectivity index (χ3v) is 6.64. The van der Waals surface area contributed by atoms with Crippen molar-refractivity contribution in [1.29, 1.82) is 0 Å². The number of nitrogens with zero attached hydrogens (tertiary/aromatic N) is 6. The Bertz CT molecular complexity index is 1050. The highest BCUT2D eigenvalue weighted by atomic mass is 32.2. The maximum absolute atomic E-state index is 13.3. The molecule has 2 aromatic heterocycles. The number of piperazine rings is 1. The molecule has 1 saturated heterocycles. The third kappa shape index (κ3) is 3.60. The molecule has 0 N–H and O–H groups in total. The molecule has 0 atom stereocenters. The van der Waals surface area contributed by atoms with Crippen molar-refractivity contribution in [3.05, 3.63) is 42.9 Å². The second-order valence-electron chi connectivity index (χ2n) is 6.69. The quantitative estimate of drug-likeness (QED) is 0.645. The summed E-state index contributed by atoms with van der Waals surface area (Å²) in [6.07, 6.45) is 4.73. The van der Waals surface area contributed by atoms with E-state index >= 15 is 0 Å². The Morgan fingerprint density at radius 1 is 1.07 bits per heavy atom. The smallest absolute Gasteiger partial charge is 0.262 e. The zero-order valence-corrected chi connectivity index (χ0v) is 15.8. The van der Waals surface area contributed by atoms with Crippen LogP contribution in [0.25, 0.3) is 11.0 Å². The molecule has 144 valence electrons. The van der Waals surface area contributed by atoms with E-state index in [1.54, 1.807) is 24.0 Å². The Labute approximate surface area is 156 Å². The summed E-state index contributed by atoms with van der Waals surface area (Å²) in [5.74, 6) is -0.294. The summed E-state index contributed by atoms with van der Waals surface area (Å²) in [5, 5.41) is 0.0931. The molecule has 0 unspecified atom stereocenters. The number of rotatable bonds is 5. The van der Waals surface area contributed by atoms with Crippen LogP contribution in [0, 0.1) is 5.82 Å². The molecule has 8 nitrogen and oxygen atoms in total. The maximum atomic E-state index is 13.3. The largest absolute Gasteiger partial charge is 0.339 e. The van der Waals surface area contributed by atoms with E-state index in [0.29, 0.717) is 31.7 Å². The molecule has 0 amide bonds. The molecule has 4 rings (SSSR count). The number of imidazole rings is 2. The Morgan fingerprint density at radius 3 is 2.56 bits per heavy atom. The molecule has 3 aromatic rings. The summed E-state index contributed by atoms with van der Waals surface area (Å²) in [4.78, 5) is 10.4. The molecule has 10 heteroatoms. The number of aryl methyl sites for hydroxylation is 1. The summed E-state index contributed by atoms with van der Waals surface area (Å²) < 4.78 is 43.6. The molecule has 1 aromatic carbocycles. The number of halogens is 1. The van der Waals surface area contributed by atoms with E-state index < -0.39 is 10.0 Å². The summed E-state index contributed by atoms with van der Waals surface area (Å²) in [6, 6.07) is 4.59. The van der Waals surface area contributed by atoms with Crippen molar-refractivity contribution < 1.29 is 12.8 Å². The van der Waals surface area contributed by atoms with Crippen LogP contribution in [0.2, 0.25) is 0 Å². The van der Waals surface area contributed by atoms with Gasteiger partial charge in [0.15, 0.2) is 5.03 Å². The van der Waals surface area contributed by atoms with Crippen LogP contribution in [-0.2, 0) is 23.6 Å². The van der Waals surface area contributed by atoms with Crippen LogP contribution in [0.3, 0.4) is 0 Å². The lowest BCUT2D eigenvalue weighted by Gasteiger charge is -2.33. The molecule has 0 saturated carbocycles. The number of fused-ring (bicyclic) bond motifs is 1. The topological polar surface area (TPSA) is 76.3 Å². The fourth-order valence-corrected chi connectivity index (χ4v) is 4.70. The van der Waals surface area contributed by atoms with Gasteiger partial charge in [-0.2, -0.15) is 4.31 Å². The molecule has 0 bridgehead atoms. The SMILES string of the molecule is Cn1cnc(S(=O)(=O)N2CCN(CCn3cnc4cc(F)ccc43)CC2)c1. The van der Waals surface area contributed by atoms with E-state index in [1.807, 2.05) is 4.57 Å². The van der Waals surface area contributed by atoms with Crippen molar-refractivity contribution in [3.63, 3.8) is 0 Å². The van der Waals surface area contributed by atoms with E-state index in [2.05, 4.69) is 14.9 Å². The van der Waals surface area contributed by atoms with Crippen molar-refractivity contribution in [2.24, 2.45) is 7.05 Å². The van der Waals surface area contributed by atoms with Crippen molar-refractivity contribution in [2.45, 2.75) is 11.6 Å². The second-order valence-corrected chi connectivity index (χ2v) is 8.58. The third-order valence-electron chi connectivity index (χ3n) is 4.86. The van der Waals surface area contributed by atoms with Crippen LogP contribution in [0.1, 0.15) is 0 Å². The predicted molar refractivity (Wildman–Crippen MR) is 98.1 cm³/mol. The van der Waals surface area contributed by atoms with E-state index in [9.17, 15) is 12.8 Å². The van der Waals surface area contributed by atoms with Gasteiger partial charge in [-0.1, -0.05) is 0 Å². The molecule has 1 aliphatic rings. The molecular formula is C17H21FN6O2S. The summed E-state index contributed by atoms with van der Waals surface area (Å²) in [6.45, 7) is 3.69. The van der Waals surface area contributed by atoms with Crippen LogP contribution < -0.4 is 0 Å². The lowest BCUT2D eigenvalue weighted by Crippen LogP contribution is -2.49. The minimum absolute atomic E-state index is 0.0931. The van der Waals surface area contributed by atoms with Gasteiger partial charge in [0, 0.05) is 58.6 Å². The van der Waals surface area contributed by atoms with Gasteiger partial charge >= 0.3 is 0 Å². The molecule has 27 heavy (non-hydrogen) atoms. The highest BCUT2D eigenvalue weighted by molar-refractivity contribution is 7.89. The van der Waals surface area contributed by atoms with E-state index in [-0.39, 0.29) is 10.8 Å². The number of hydrogen-bond donors (Lipinski definition) is 0. The van der Waals surface area contributed by atoms with Crippen LogP contribution >= 0.6 is 0 Å². The zero-order chi connectivity index (χ0) is 19.0. The van der Waals surface area contributed by atoms with Crippen LogP contribution in [0.5, 0.6) is 0 Å². The van der Waals surface area contributed by atoms with Gasteiger partial charge in [-0.05, 0) is 12.1 Å². The first-order valence-corrected chi connectivity index (χ1v) is 10.2. The number of sulfonamides is 1. The number of aromatic nitrogens is 4. The first kappa shape index (κ1) is 18.1. The van der Waals surface area contributed by atoms with Crippen molar-refractivity contribution in [1.82, 2.24) is 28.3 Å². The van der Waals surface area contributed by atoms with Crippen LogP contribution in [0.4, 0.5) is 4.39 Å². The van der Waals surface area contributed by atoms with Crippen molar-refractivity contribution in [3.8, 4) is 0 Å². The molecule has 1 fully saturated rings. The maximum Gasteiger partial charge on any atom is 0.262 e. The number of hydrogen-bond acceptors (Lipinski definition) is 5. The van der Waals surface area contributed by atoms with Gasteiger partial charge in [-0.15, -0.1) is 0 Å². The first-order chi connectivity index (χ1) is 12.9. The molecule has 0 spiro atoms. The summed E-state index contributed by atoms with van der Waals surface area (Å²) >= 11 is 0. The van der Waals surface area contributed by atoms with Gasteiger partial charge in [0.2, 0.25) is 0 Å². The second kappa shape index (κ2) is 7.02. The molecule has 0 aliphatic carbocycles. The van der Waals surface area contributed by atoms with E-state index in [4.69, 9.17) is 0 Å². The predicted octanol–water partition coefficient (Wildman–Crippen LogP) is 0.915.